The van der Waals surface area contributed by atoms with Gasteiger partial charge in [0.15, 0.2) is 6.67 Å². The van der Waals surface area contributed by atoms with Crippen LogP contribution in [0.2, 0.25) is 0 Å². The van der Waals surface area contributed by atoms with Gasteiger partial charge in [-0.3, -0.25) is 9.10 Å². The molecule has 0 aliphatic carbocycles. The highest BCUT2D eigenvalue weighted by molar-refractivity contribution is 7.77. The highest BCUT2D eigenvalue weighted by atomic mass is 32.1. The molecule has 0 saturated carbocycles. The molecule has 4 heteroatoms. The van der Waals surface area contributed by atoms with Gasteiger partial charge in [-0.05, 0) is 0 Å². The number of nitrogens with one attached hydrogen (secondary N) is 1. The summed E-state index contributed by atoms with van der Waals surface area (Å²) in [6.07, 6.45) is 2.95. The van der Waals surface area contributed by atoms with Gasteiger partial charge in [0.05, 0.1) is 0 Å². The number of nitrogens with zero attached hydrogens (tertiary/aromatic N) is 1. The van der Waals surface area contributed by atoms with Gasteiger partial charge >= 0.3 is 0 Å². The number of amides is 1. The quantitative estimate of drug-likeness (QED) is 0.447. The molecule has 3 nitrogen and oxygen atoms in total. The zero-order valence-corrected chi connectivity index (χ0v) is 4.93. The maximum Gasteiger partial charge on any atom is 0.247 e. The minimum atomic E-state index is -0.115. The zero-order valence-electron chi connectivity index (χ0n) is 4.03. The van der Waals surface area contributed by atoms with Crippen LogP contribution in [0.3, 0.4) is 0 Å². The van der Waals surface area contributed by atoms with E-state index < -0.39 is 0 Å². The molecule has 0 aromatic rings. The summed E-state index contributed by atoms with van der Waals surface area (Å²) in [5.41, 5.74) is 0. The number of thiol groups is 1. The highest BCUT2D eigenvalue weighted by Crippen LogP contribution is 1.99. The van der Waals surface area contributed by atoms with Crippen molar-refractivity contribution in [3.63, 3.8) is 0 Å². The van der Waals surface area contributed by atoms with E-state index in [1.807, 2.05) is 0 Å². The zero-order chi connectivity index (χ0) is 5.98. The second-order valence-corrected chi connectivity index (χ2v) is 1.80. The molecule has 1 aliphatic heterocycles. The first kappa shape index (κ1) is 5.50. The molecule has 1 radical (unpaired) electrons. The van der Waals surface area contributed by atoms with Crippen LogP contribution in [0.5, 0.6) is 0 Å². The lowest BCUT2D eigenvalue weighted by atomic mass is 10.5. The molecule has 1 heterocycles. The Morgan fingerprint density at radius 2 is 2.50 bits per heavy atom. The van der Waals surface area contributed by atoms with Gasteiger partial charge in [-0.15, -0.1) is 0 Å². The van der Waals surface area contributed by atoms with Gasteiger partial charge in [-0.1, -0.05) is 12.8 Å². The van der Waals surface area contributed by atoms with E-state index >= 15 is 0 Å². The Morgan fingerprint density at radius 1 is 1.75 bits per heavy atom. The van der Waals surface area contributed by atoms with Gasteiger partial charge in [-0.25, -0.2) is 0 Å². The van der Waals surface area contributed by atoms with Crippen molar-refractivity contribution in [2.45, 2.75) is 0 Å². The first-order chi connectivity index (χ1) is 3.79. The lowest BCUT2D eigenvalue weighted by molar-refractivity contribution is -0.116. The number of hydrogen-bond donors (Lipinski definition) is 2. The molecule has 1 aliphatic rings. The summed E-state index contributed by atoms with van der Waals surface area (Å²) < 4.78 is 1.46. The summed E-state index contributed by atoms with van der Waals surface area (Å²) in [7, 11) is 0. The van der Waals surface area contributed by atoms with Gasteiger partial charge in [0.25, 0.3) is 0 Å². The number of carbonyl (C=O) groups is 1. The molecule has 0 unspecified atom stereocenters. The molecule has 0 fully saturated rings. The Balaban J connectivity index is 2.55. The normalized spacial score (nSPS) is 18.6. The van der Waals surface area contributed by atoms with E-state index in [0.717, 1.165) is 0 Å². The van der Waals surface area contributed by atoms with Crippen LogP contribution < -0.4 is 5.32 Å². The number of hydrogen-bond acceptors (Lipinski definition) is 3. The van der Waals surface area contributed by atoms with Crippen molar-refractivity contribution >= 4 is 18.7 Å². The van der Waals surface area contributed by atoms with Crippen LogP contribution in [0.25, 0.3) is 0 Å². The largest absolute Gasteiger partial charge is 0.328 e. The third-order valence-corrected chi connectivity index (χ3v) is 0.967. The summed E-state index contributed by atoms with van der Waals surface area (Å²) in [6, 6.07) is 0. The van der Waals surface area contributed by atoms with Crippen LogP contribution in [0.15, 0.2) is 12.3 Å². The van der Waals surface area contributed by atoms with Crippen LogP contribution in [0.1, 0.15) is 0 Å². The fraction of sp³-hybridized carbons (Fsp3) is 0. The molecular formula is C4H5N2OS. The number of rotatable bonds is 0. The second kappa shape index (κ2) is 2.09. The summed E-state index contributed by atoms with van der Waals surface area (Å²) in [5.74, 6) is -0.115. The maximum atomic E-state index is 10.3. The first-order valence-corrected chi connectivity index (χ1v) is 2.48. The topological polar surface area (TPSA) is 32.3 Å². The number of carbonyl (C=O) groups excluding carboxylic acids is 1. The lowest BCUT2D eigenvalue weighted by Gasteiger charge is -2.14. The Kier molecular flexibility index (Phi) is 1.43. The Morgan fingerprint density at radius 3 is 2.88 bits per heavy atom. The molecule has 0 spiro atoms. The molecule has 1 rings (SSSR count). The fourth-order valence-corrected chi connectivity index (χ4v) is 0.489. The van der Waals surface area contributed by atoms with Gasteiger partial charge < -0.3 is 5.32 Å². The second-order valence-electron chi connectivity index (χ2n) is 1.33. The van der Waals surface area contributed by atoms with Crippen molar-refractivity contribution in [3.8, 4) is 0 Å². The predicted octanol–water partition coefficient (Wildman–Crippen LogP) is -0.104. The third-order valence-electron chi connectivity index (χ3n) is 0.718. The van der Waals surface area contributed by atoms with Crippen LogP contribution >= 0.6 is 12.8 Å². The molecular weight excluding hydrogens is 124 g/mol. The average molecular weight is 129 g/mol. The molecule has 0 saturated heterocycles. The van der Waals surface area contributed by atoms with E-state index in [1.54, 1.807) is 6.20 Å². The van der Waals surface area contributed by atoms with E-state index in [2.05, 4.69) is 18.1 Å². The molecule has 43 valence electrons. The predicted molar refractivity (Wildman–Crippen MR) is 32.4 cm³/mol. The Bertz CT molecular complexity index is 134. The van der Waals surface area contributed by atoms with E-state index in [9.17, 15) is 4.79 Å². The van der Waals surface area contributed by atoms with Crippen LogP contribution in [0.4, 0.5) is 0 Å². The average Bonchev–Trinajstić information content (AvgIpc) is 1.77. The molecule has 0 bridgehead atoms. The van der Waals surface area contributed by atoms with Gasteiger partial charge in [0.1, 0.15) is 0 Å². The van der Waals surface area contributed by atoms with Crippen molar-refractivity contribution in [2.75, 3.05) is 0 Å². The fourth-order valence-electron chi connectivity index (χ4n) is 0.365. The van der Waals surface area contributed by atoms with Crippen molar-refractivity contribution in [3.05, 3.63) is 18.9 Å². The SMILES string of the molecule is O=C1C=CN(S)[CH]N1. The Labute approximate surface area is 52.9 Å². The molecule has 1 amide bonds. The Hall–Kier alpha value is -0.640. The molecule has 0 aromatic carbocycles. The van der Waals surface area contributed by atoms with E-state index in [0.29, 0.717) is 0 Å². The minimum Gasteiger partial charge on any atom is -0.328 e. The molecule has 8 heavy (non-hydrogen) atoms. The summed E-state index contributed by atoms with van der Waals surface area (Å²) in [5, 5.41) is 2.43. The smallest absolute Gasteiger partial charge is 0.247 e. The standard InChI is InChI=1S/C4H5N2OS/c7-4-1-2-6(8)3-5-4/h1-3,8H,(H,5,7). The van der Waals surface area contributed by atoms with Crippen molar-refractivity contribution < 1.29 is 4.79 Å². The third kappa shape index (κ3) is 1.16. The summed E-state index contributed by atoms with van der Waals surface area (Å²) in [6.45, 7) is 1.46. The molecule has 0 atom stereocenters. The van der Waals surface area contributed by atoms with Crippen LogP contribution in [-0.4, -0.2) is 10.2 Å². The van der Waals surface area contributed by atoms with E-state index in [-0.39, 0.29) is 5.91 Å². The van der Waals surface area contributed by atoms with Gasteiger partial charge in [0.2, 0.25) is 5.91 Å². The van der Waals surface area contributed by atoms with Gasteiger partial charge in [0, 0.05) is 12.3 Å². The molecule has 1 N–H and O–H groups in total. The minimum absolute atomic E-state index is 0.115. The van der Waals surface area contributed by atoms with E-state index in [1.165, 1.54) is 17.0 Å². The lowest BCUT2D eigenvalue weighted by Crippen LogP contribution is -2.27. The van der Waals surface area contributed by atoms with Crippen LogP contribution in [0, 0.1) is 6.67 Å². The van der Waals surface area contributed by atoms with Crippen molar-refractivity contribution in [1.82, 2.24) is 9.62 Å². The monoisotopic (exact) mass is 129 g/mol. The summed E-state index contributed by atoms with van der Waals surface area (Å²) >= 11 is 3.88. The molecule has 0 aromatic heterocycles. The van der Waals surface area contributed by atoms with E-state index in [4.69, 9.17) is 0 Å². The van der Waals surface area contributed by atoms with Crippen molar-refractivity contribution in [2.24, 2.45) is 0 Å². The highest BCUT2D eigenvalue weighted by Gasteiger charge is 2.02. The van der Waals surface area contributed by atoms with Crippen LogP contribution in [-0.2, 0) is 4.79 Å². The first-order valence-electron chi connectivity index (χ1n) is 2.08. The van der Waals surface area contributed by atoms with Gasteiger partial charge in [-0.2, -0.15) is 0 Å². The maximum absolute atomic E-state index is 10.3. The van der Waals surface area contributed by atoms with Crippen molar-refractivity contribution in [1.29, 1.82) is 0 Å². The summed E-state index contributed by atoms with van der Waals surface area (Å²) in [4.78, 5) is 10.3.